The molecule has 0 radical (unpaired) electrons. The summed E-state index contributed by atoms with van der Waals surface area (Å²) in [5.74, 6) is 0.00441. The van der Waals surface area contributed by atoms with Crippen molar-refractivity contribution >= 4 is 17.4 Å². The Labute approximate surface area is 181 Å². The third-order valence-electron chi connectivity index (χ3n) is 5.81. The number of hydrogen-bond acceptors (Lipinski definition) is 5. The van der Waals surface area contributed by atoms with Crippen LogP contribution in [0.15, 0.2) is 77.3 Å². The van der Waals surface area contributed by atoms with Crippen LogP contribution in [0.5, 0.6) is 0 Å². The maximum Gasteiger partial charge on any atom is 0.162 e. The Hall–Kier alpha value is -3.07. The molecule has 0 saturated carbocycles. The molecule has 2 atom stereocenters. The highest BCUT2D eigenvalue weighted by Gasteiger charge is 2.43. The van der Waals surface area contributed by atoms with Crippen LogP contribution in [0.25, 0.3) is 0 Å². The zero-order chi connectivity index (χ0) is 21.4. The van der Waals surface area contributed by atoms with Crippen molar-refractivity contribution in [2.45, 2.75) is 24.7 Å². The van der Waals surface area contributed by atoms with Crippen LogP contribution in [0, 0.1) is 11.3 Å². The summed E-state index contributed by atoms with van der Waals surface area (Å²) in [6.07, 6.45) is 1.08. The van der Waals surface area contributed by atoms with Gasteiger partial charge in [-0.3, -0.25) is 9.80 Å². The molecule has 30 heavy (non-hydrogen) atoms. The zero-order valence-electron chi connectivity index (χ0n) is 17.0. The van der Waals surface area contributed by atoms with Gasteiger partial charge in [-0.25, -0.2) is 5.01 Å². The number of nitriles is 1. The number of ketones is 1. The number of nitrogens with zero attached hydrogens (tertiary/aromatic N) is 3. The van der Waals surface area contributed by atoms with Gasteiger partial charge in [-0.1, -0.05) is 54.1 Å². The van der Waals surface area contributed by atoms with E-state index in [1.54, 1.807) is 12.1 Å². The van der Waals surface area contributed by atoms with Crippen molar-refractivity contribution in [3.05, 3.63) is 93.4 Å². The molecule has 0 saturated heterocycles. The zero-order valence-corrected chi connectivity index (χ0v) is 17.7. The van der Waals surface area contributed by atoms with Crippen molar-refractivity contribution in [2.24, 2.45) is 5.73 Å². The van der Waals surface area contributed by atoms with Crippen LogP contribution in [0.1, 0.15) is 35.8 Å². The Morgan fingerprint density at radius 2 is 1.73 bits per heavy atom. The molecule has 5 nitrogen and oxygen atoms in total. The number of hydrogen-bond donors (Lipinski definition) is 1. The van der Waals surface area contributed by atoms with Crippen molar-refractivity contribution in [2.75, 3.05) is 14.1 Å². The largest absolute Gasteiger partial charge is 0.383 e. The van der Waals surface area contributed by atoms with E-state index in [1.807, 2.05) is 54.4 Å². The van der Waals surface area contributed by atoms with E-state index in [2.05, 4.69) is 18.2 Å². The number of carbonyl (C=O) groups excluding carboxylic acids is 1. The lowest BCUT2D eigenvalue weighted by molar-refractivity contribution is -0.117. The monoisotopic (exact) mass is 418 g/mol. The van der Waals surface area contributed by atoms with Crippen LogP contribution in [0.3, 0.4) is 0 Å². The Kier molecular flexibility index (Phi) is 5.38. The lowest BCUT2D eigenvalue weighted by atomic mass is 9.72. The Balaban J connectivity index is 1.89. The van der Waals surface area contributed by atoms with Crippen LogP contribution < -0.4 is 5.73 Å². The van der Waals surface area contributed by atoms with Gasteiger partial charge in [-0.05, 0) is 35.6 Å². The van der Waals surface area contributed by atoms with Gasteiger partial charge in [-0.2, -0.15) is 5.26 Å². The van der Waals surface area contributed by atoms with E-state index in [4.69, 9.17) is 17.3 Å². The minimum Gasteiger partial charge on any atom is -0.383 e. The first-order valence-electron chi connectivity index (χ1n) is 9.86. The summed E-state index contributed by atoms with van der Waals surface area (Å²) < 4.78 is 0. The van der Waals surface area contributed by atoms with Gasteiger partial charge >= 0.3 is 0 Å². The highest BCUT2D eigenvalue weighted by molar-refractivity contribution is 6.30. The molecule has 0 amide bonds. The van der Waals surface area contributed by atoms with Crippen molar-refractivity contribution in [1.82, 2.24) is 10.0 Å². The predicted molar refractivity (Wildman–Crippen MR) is 117 cm³/mol. The van der Waals surface area contributed by atoms with Crippen LogP contribution in [-0.4, -0.2) is 29.9 Å². The van der Waals surface area contributed by atoms with E-state index in [0.717, 1.165) is 16.8 Å². The minimum atomic E-state index is -0.484. The molecular weight excluding hydrogens is 396 g/mol. The summed E-state index contributed by atoms with van der Waals surface area (Å²) in [6.45, 7) is 0. The van der Waals surface area contributed by atoms with Gasteiger partial charge in [0.25, 0.3) is 0 Å². The molecule has 2 N–H and O–H groups in total. The molecule has 6 heteroatoms. The summed E-state index contributed by atoms with van der Waals surface area (Å²) in [7, 11) is 3.73. The Bertz CT molecular complexity index is 1080. The minimum absolute atomic E-state index is 0.0529. The number of allylic oxidation sites excluding steroid dienone is 3. The summed E-state index contributed by atoms with van der Waals surface area (Å²) in [4.78, 5) is 13.5. The lowest BCUT2D eigenvalue weighted by Crippen LogP contribution is -2.46. The van der Waals surface area contributed by atoms with Gasteiger partial charge in [0.1, 0.15) is 5.82 Å². The molecule has 0 fully saturated rings. The highest BCUT2D eigenvalue weighted by atomic mass is 35.5. The van der Waals surface area contributed by atoms with Crippen molar-refractivity contribution in [3.63, 3.8) is 0 Å². The van der Waals surface area contributed by atoms with Crippen molar-refractivity contribution < 1.29 is 4.79 Å². The molecule has 1 aliphatic heterocycles. The third kappa shape index (κ3) is 3.39. The first-order chi connectivity index (χ1) is 14.4. The quantitative estimate of drug-likeness (QED) is 0.803. The average molecular weight is 419 g/mol. The predicted octanol–water partition coefficient (Wildman–Crippen LogP) is 4.31. The van der Waals surface area contributed by atoms with E-state index in [1.165, 1.54) is 0 Å². The second-order valence-corrected chi connectivity index (χ2v) is 8.29. The summed E-state index contributed by atoms with van der Waals surface area (Å²) >= 11 is 6.07. The van der Waals surface area contributed by atoms with Crippen molar-refractivity contribution in [3.8, 4) is 6.07 Å². The van der Waals surface area contributed by atoms with Crippen LogP contribution in [-0.2, 0) is 4.79 Å². The SMILES string of the molecule is CN(C)N1C(N)=C(C#N)[C@H](c2ccc(Cl)cc2)C2=C1C[C@H](c1ccccc1)CC2=O. The summed E-state index contributed by atoms with van der Waals surface area (Å²) in [5, 5.41) is 14.2. The van der Waals surface area contributed by atoms with Gasteiger partial charge in [0, 0.05) is 36.8 Å². The molecular formula is C24H23ClN4O. The van der Waals surface area contributed by atoms with Gasteiger partial charge in [0.05, 0.1) is 17.6 Å². The topological polar surface area (TPSA) is 73.4 Å². The molecule has 0 aromatic heterocycles. The fraction of sp³-hybridized carbons (Fsp3) is 0.250. The molecule has 0 unspecified atom stereocenters. The van der Waals surface area contributed by atoms with E-state index < -0.39 is 5.92 Å². The smallest absolute Gasteiger partial charge is 0.162 e. The molecule has 4 rings (SSSR count). The van der Waals surface area contributed by atoms with E-state index in [9.17, 15) is 10.1 Å². The van der Waals surface area contributed by atoms with Crippen LogP contribution in [0.4, 0.5) is 0 Å². The molecule has 2 aromatic rings. The standard InChI is InChI=1S/C24H23ClN4O/c1-28(2)29-20-12-17(15-6-4-3-5-7-15)13-21(30)23(20)22(19(14-26)24(29)27)16-8-10-18(25)11-9-16/h3-11,17,22H,12-13,27H2,1-2H3/t17-,22-/m0/s1. The third-order valence-corrected chi connectivity index (χ3v) is 6.07. The second kappa shape index (κ2) is 7.98. The maximum atomic E-state index is 13.5. The van der Waals surface area contributed by atoms with Gasteiger partial charge < -0.3 is 5.73 Å². The van der Waals surface area contributed by atoms with Gasteiger partial charge in [0.15, 0.2) is 5.78 Å². The number of carbonyl (C=O) groups is 1. The molecule has 152 valence electrons. The number of rotatable bonds is 3. The van der Waals surface area contributed by atoms with Gasteiger partial charge in [-0.15, -0.1) is 0 Å². The first kappa shape index (κ1) is 20.2. The van der Waals surface area contributed by atoms with E-state index in [0.29, 0.717) is 34.8 Å². The first-order valence-corrected chi connectivity index (χ1v) is 10.2. The molecule has 1 aliphatic carbocycles. The number of hydrazine groups is 1. The van der Waals surface area contributed by atoms with E-state index >= 15 is 0 Å². The fourth-order valence-corrected chi connectivity index (χ4v) is 4.64. The van der Waals surface area contributed by atoms with Gasteiger partial charge in [0.2, 0.25) is 0 Å². The Morgan fingerprint density at radius 3 is 2.33 bits per heavy atom. The average Bonchev–Trinajstić information content (AvgIpc) is 2.73. The number of Topliss-reactive ketones (excluding diaryl/α,β-unsaturated/α-hetero) is 1. The molecule has 0 spiro atoms. The molecule has 2 aromatic carbocycles. The fourth-order valence-electron chi connectivity index (χ4n) is 4.52. The number of halogens is 1. The number of benzene rings is 2. The summed E-state index contributed by atoms with van der Waals surface area (Å²) in [6, 6.07) is 19.6. The van der Waals surface area contributed by atoms with Crippen LogP contribution >= 0.6 is 11.6 Å². The number of nitrogens with two attached hydrogens (primary N) is 1. The molecule has 1 heterocycles. The highest BCUT2D eigenvalue weighted by Crippen LogP contribution is 2.48. The molecule has 2 aliphatic rings. The lowest BCUT2D eigenvalue weighted by Gasteiger charge is -2.43. The Morgan fingerprint density at radius 1 is 1.07 bits per heavy atom. The normalized spacial score (nSPS) is 21.7. The second-order valence-electron chi connectivity index (χ2n) is 7.85. The van der Waals surface area contributed by atoms with Crippen molar-refractivity contribution in [1.29, 1.82) is 5.26 Å². The van der Waals surface area contributed by atoms with E-state index in [-0.39, 0.29) is 11.7 Å². The molecule has 0 bridgehead atoms. The summed E-state index contributed by atoms with van der Waals surface area (Å²) in [5.41, 5.74) is 10.4. The maximum absolute atomic E-state index is 13.5. The van der Waals surface area contributed by atoms with Crippen LogP contribution in [0.2, 0.25) is 5.02 Å².